The zero-order valence-corrected chi connectivity index (χ0v) is 6.80. The largest absolute Gasteiger partial charge is 0.296 e. The van der Waals surface area contributed by atoms with Crippen LogP contribution in [0.3, 0.4) is 0 Å². The second-order valence-electron chi connectivity index (χ2n) is 1.95. The number of hydrazine groups is 1. The Bertz CT molecular complexity index is 193. The van der Waals surface area contributed by atoms with Gasteiger partial charge in [-0.05, 0) is 5.56 Å². The van der Waals surface area contributed by atoms with E-state index in [1.807, 2.05) is 30.3 Å². The van der Waals surface area contributed by atoms with Gasteiger partial charge in [0, 0.05) is 0 Å². The maximum absolute atomic E-state index is 5.05. The van der Waals surface area contributed by atoms with Crippen molar-refractivity contribution in [1.29, 1.82) is 0 Å². The molecule has 1 aromatic carbocycles. The minimum atomic E-state index is 0.565. The molecule has 0 atom stereocenters. The van der Waals surface area contributed by atoms with Crippen molar-refractivity contribution in [3.8, 4) is 0 Å². The summed E-state index contributed by atoms with van der Waals surface area (Å²) in [7, 11) is 0. The number of hydrogen-bond donors (Lipinski definition) is 2. The molecular formula is C7H10N2OS. The summed E-state index contributed by atoms with van der Waals surface area (Å²) >= 11 is 1.03. The molecule has 0 unspecified atom stereocenters. The smallest absolute Gasteiger partial charge is 0.0945 e. The summed E-state index contributed by atoms with van der Waals surface area (Å²) in [5, 5.41) is 0. The van der Waals surface area contributed by atoms with Crippen molar-refractivity contribution >= 4 is 12.2 Å². The Labute approximate surface area is 70.2 Å². The summed E-state index contributed by atoms with van der Waals surface area (Å²) < 4.78 is 5.05. The predicted molar refractivity (Wildman–Crippen MR) is 46.1 cm³/mol. The molecule has 0 amide bonds. The van der Waals surface area contributed by atoms with E-state index in [4.69, 9.17) is 10.0 Å². The van der Waals surface area contributed by atoms with E-state index in [0.29, 0.717) is 6.61 Å². The third-order valence-electron chi connectivity index (χ3n) is 1.18. The first-order chi connectivity index (χ1) is 5.43. The third-order valence-corrected chi connectivity index (χ3v) is 1.51. The van der Waals surface area contributed by atoms with Gasteiger partial charge in [-0.25, -0.2) is 0 Å². The topological polar surface area (TPSA) is 47.3 Å². The fourth-order valence-corrected chi connectivity index (χ4v) is 0.969. The Balaban J connectivity index is 2.28. The SMILES string of the molecule is NNSOCc1ccccc1. The van der Waals surface area contributed by atoms with Gasteiger partial charge in [0.15, 0.2) is 0 Å². The van der Waals surface area contributed by atoms with Crippen molar-refractivity contribution < 1.29 is 4.18 Å². The van der Waals surface area contributed by atoms with Gasteiger partial charge >= 0.3 is 0 Å². The highest BCUT2D eigenvalue weighted by atomic mass is 32.2. The molecule has 1 rings (SSSR count). The van der Waals surface area contributed by atoms with Crippen LogP contribution in [0.15, 0.2) is 30.3 Å². The van der Waals surface area contributed by atoms with Crippen LogP contribution in [0.25, 0.3) is 0 Å². The molecule has 0 aliphatic carbocycles. The van der Waals surface area contributed by atoms with Crippen LogP contribution in [0.1, 0.15) is 5.56 Å². The Kier molecular flexibility index (Phi) is 4.00. The highest BCUT2D eigenvalue weighted by molar-refractivity contribution is 7.92. The van der Waals surface area contributed by atoms with E-state index in [2.05, 4.69) is 4.83 Å². The molecule has 4 heteroatoms. The lowest BCUT2D eigenvalue weighted by atomic mass is 10.2. The second kappa shape index (κ2) is 5.15. The molecule has 0 spiro atoms. The molecule has 0 bridgehead atoms. The lowest BCUT2D eigenvalue weighted by Crippen LogP contribution is -2.12. The average Bonchev–Trinajstić information content (AvgIpc) is 2.07. The molecule has 0 radical (unpaired) electrons. The Morgan fingerprint density at radius 3 is 2.73 bits per heavy atom. The van der Waals surface area contributed by atoms with Crippen molar-refractivity contribution in [2.45, 2.75) is 6.61 Å². The van der Waals surface area contributed by atoms with E-state index in [1.54, 1.807) is 0 Å². The minimum Gasteiger partial charge on any atom is -0.296 e. The van der Waals surface area contributed by atoms with Gasteiger partial charge in [0.2, 0.25) is 0 Å². The van der Waals surface area contributed by atoms with Crippen LogP contribution in [0, 0.1) is 0 Å². The second-order valence-corrected chi connectivity index (χ2v) is 2.59. The third kappa shape index (κ3) is 3.38. The lowest BCUT2D eigenvalue weighted by Gasteiger charge is -1.99. The van der Waals surface area contributed by atoms with Crippen molar-refractivity contribution in [2.75, 3.05) is 0 Å². The van der Waals surface area contributed by atoms with Crippen molar-refractivity contribution in [2.24, 2.45) is 5.84 Å². The van der Waals surface area contributed by atoms with E-state index in [0.717, 1.165) is 17.8 Å². The molecule has 0 heterocycles. The fraction of sp³-hybridized carbons (Fsp3) is 0.143. The van der Waals surface area contributed by atoms with Crippen molar-refractivity contribution in [3.05, 3.63) is 35.9 Å². The van der Waals surface area contributed by atoms with E-state index >= 15 is 0 Å². The first-order valence-corrected chi connectivity index (χ1v) is 3.95. The highest BCUT2D eigenvalue weighted by Crippen LogP contribution is 2.04. The molecule has 0 aliphatic rings. The maximum Gasteiger partial charge on any atom is 0.0945 e. The van der Waals surface area contributed by atoms with Gasteiger partial charge in [-0.2, -0.15) is 4.83 Å². The van der Waals surface area contributed by atoms with E-state index in [1.165, 1.54) is 0 Å². The Morgan fingerprint density at radius 2 is 2.09 bits per heavy atom. The van der Waals surface area contributed by atoms with Crippen molar-refractivity contribution in [1.82, 2.24) is 4.83 Å². The van der Waals surface area contributed by atoms with Gasteiger partial charge in [-0.1, -0.05) is 30.3 Å². The monoisotopic (exact) mass is 170 g/mol. The molecule has 1 aromatic rings. The number of nitrogens with one attached hydrogen (secondary N) is 1. The van der Waals surface area contributed by atoms with Gasteiger partial charge in [0.1, 0.15) is 0 Å². The fourth-order valence-electron chi connectivity index (χ4n) is 0.706. The average molecular weight is 170 g/mol. The summed E-state index contributed by atoms with van der Waals surface area (Å²) in [4.78, 5) is 2.33. The van der Waals surface area contributed by atoms with Crippen LogP contribution >= 0.6 is 12.2 Å². The quantitative estimate of drug-likeness (QED) is 0.234. The number of benzene rings is 1. The van der Waals surface area contributed by atoms with Crippen LogP contribution in [-0.4, -0.2) is 0 Å². The molecule has 3 N–H and O–H groups in total. The standard InChI is InChI=1S/C7H10N2OS/c8-9-11-10-6-7-4-2-1-3-5-7/h1-5,9H,6,8H2. The van der Waals surface area contributed by atoms with Gasteiger partial charge in [0.05, 0.1) is 18.8 Å². The maximum atomic E-state index is 5.05. The van der Waals surface area contributed by atoms with Crippen molar-refractivity contribution in [3.63, 3.8) is 0 Å². The molecule has 0 aliphatic heterocycles. The summed E-state index contributed by atoms with van der Waals surface area (Å²) in [5.74, 6) is 4.98. The van der Waals surface area contributed by atoms with Gasteiger partial charge in [-0.3, -0.25) is 10.0 Å². The first kappa shape index (κ1) is 8.55. The minimum absolute atomic E-state index is 0.565. The van der Waals surface area contributed by atoms with Crippen LogP contribution in [0.5, 0.6) is 0 Å². The molecule has 60 valence electrons. The zero-order valence-electron chi connectivity index (χ0n) is 5.99. The van der Waals surface area contributed by atoms with Gasteiger partial charge in [-0.15, -0.1) is 0 Å². The van der Waals surface area contributed by atoms with E-state index in [9.17, 15) is 0 Å². The van der Waals surface area contributed by atoms with E-state index < -0.39 is 0 Å². The Hall–Kier alpha value is -0.550. The lowest BCUT2D eigenvalue weighted by molar-refractivity contribution is 0.360. The molecule has 0 saturated heterocycles. The normalized spacial score (nSPS) is 9.91. The highest BCUT2D eigenvalue weighted by Gasteiger charge is 1.89. The summed E-state index contributed by atoms with van der Waals surface area (Å²) in [6.45, 7) is 0.565. The summed E-state index contributed by atoms with van der Waals surface area (Å²) in [6.07, 6.45) is 0. The van der Waals surface area contributed by atoms with Gasteiger partial charge in [0.25, 0.3) is 0 Å². The van der Waals surface area contributed by atoms with Crippen LogP contribution in [0.2, 0.25) is 0 Å². The van der Waals surface area contributed by atoms with Crippen LogP contribution < -0.4 is 10.7 Å². The molecule has 3 nitrogen and oxygen atoms in total. The molecule has 0 saturated carbocycles. The molecular weight excluding hydrogens is 160 g/mol. The Morgan fingerprint density at radius 1 is 1.36 bits per heavy atom. The summed E-state index contributed by atoms with van der Waals surface area (Å²) in [6, 6.07) is 9.91. The van der Waals surface area contributed by atoms with Crippen LogP contribution in [0.4, 0.5) is 0 Å². The molecule has 0 aromatic heterocycles. The zero-order chi connectivity index (χ0) is 7.94. The first-order valence-electron chi connectivity index (χ1n) is 3.21. The number of nitrogens with two attached hydrogens (primary N) is 1. The van der Waals surface area contributed by atoms with E-state index in [-0.39, 0.29) is 0 Å². The number of rotatable bonds is 4. The van der Waals surface area contributed by atoms with Crippen LogP contribution in [-0.2, 0) is 10.8 Å². The summed E-state index contributed by atoms with van der Waals surface area (Å²) in [5.41, 5.74) is 1.13. The molecule has 0 fully saturated rings. The number of hydrogen-bond acceptors (Lipinski definition) is 4. The molecule has 11 heavy (non-hydrogen) atoms. The predicted octanol–water partition coefficient (Wildman–Crippen LogP) is 1.23. The van der Waals surface area contributed by atoms with Gasteiger partial charge < -0.3 is 0 Å².